The summed E-state index contributed by atoms with van der Waals surface area (Å²) in [4.78, 5) is 18.9. The lowest BCUT2D eigenvalue weighted by atomic mass is 10.3. The first-order valence-corrected chi connectivity index (χ1v) is 9.04. The second-order valence-corrected chi connectivity index (χ2v) is 7.28. The van der Waals surface area contributed by atoms with Crippen LogP contribution in [0.25, 0.3) is 21.3 Å². The third kappa shape index (κ3) is 2.43. The van der Waals surface area contributed by atoms with Crippen LogP contribution in [0.5, 0.6) is 0 Å². The van der Waals surface area contributed by atoms with Crippen molar-refractivity contribution in [2.45, 2.75) is 13.0 Å². The Morgan fingerprint density at radius 3 is 2.93 bits per heavy atom. The summed E-state index contributed by atoms with van der Waals surface area (Å²) in [7, 11) is 1.85. The molecule has 0 saturated carbocycles. The zero-order chi connectivity index (χ0) is 18.5. The third-order valence-electron chi connectivity index (χ3n) is 4.52. The molecule has 5 aromatic rings. The topological polar surface area (TPSA) is 125 Å². The molecule has 0 unspecified atom stereocenters. The Bertz CT molecular complexity index is 1320. The lowest BCUT2D eigenvalue weighted by Gasteiger charge is -2.05. The lowest BCUT2D eigenvalue weighted by Crippen LogP contribution is -2.27. The highest BCUT2D eigenvalue weighted by molar-refractivity contribution is 7.19. The van der Waals surface area contributed by atoms with Crippen LogP contribution in [0.1, 0.15) is 16.4 Å². The molecule has 0 aliphatic rings. The van der Waals surface area contributed by atoms with Crippen molar-refractivity contribution in [3.63, 3.8) is 0 Å². The van der Waals surface area contributed by atoms with Gasteiger partial charge in [0.2, 0.25) is 0 Å². The fourth-order valence-corrected chi connectivity index (χ4v) is 4.31. The van der Waals surface area contributed by atoms with Crippen molar-refractivity contribution in [3.8, 4) is 0 Å². The van der Waals surface area contributed by atoms with Crippen molar-refractivity contribution in [1.29, 1.82) is 0 Å². The molecule has 0 amide bonds. The molecule has 136 valence electrons. The predicted octanol–water partition coefficient (Wildman–Crippen LogP) is 0.617. The highest BCUT2D eigenvalue weighted by Gasteiger charge is 2.19. The van der Waals surface area contributed by atoms with E-state index in [1.165, 1.54) is 9.47 Å². The number of hydrogen-bond acceptors (Lipinski definition) is 7. The van der Waals surface area contributed by atoms with Gasteiger partial charge in [-0.05, 0) is 12.1 Å². The van der Waals surface area contributed by atoms with Crippen LogP contribution in [0.4, 0.5) is 0 Å². The van der Waals surface area contributed by atoms with E-state index in [1.807, 2.05) is 17.7 Å². The van der Waals surface area contributed by atoms with Crippen molar-refractivity contribution in [2.75, 3.05) is 5.84 Å². The summed E-state index contributed by atoms with van der Waals surface area (Å²) in [5.41, 5.74) is 2.79. The molecule has 0 radical (unpaired) electrons. The van der Waals surface area contributed by atoms with Crippen LogP contribution in [0.3, 0.4) is 0 Å². The monoisotopic (exact) mass is 381 g/mol. The zero-order valence-electron chi connectivity index (χ0n) is 14.3. The van der Waals surface area contributed by atoms with E-state index in [4.69, 9.17) is 10.8 Å². The molecular weight excluding hydrogens is 366 g/mol. The van der Waals surface area contributed by atoms with Gasteiger partial charge in [-0.2, -0.15) is 20.1 Å². The minimum atomic E-state index is -0.185. The number of aromatic nitrogens is 8. The van der Waals surface area contributed by atoms with Gasteiger partial charge in [0.1, 0.15) is 10.5 Å². The first-order valence-electron chi connectivity index (χ1n) is 8.22. The maximum Gasteiger partial charge on any atom is 0.291 e. The Hall–Kier alpha value is -3.47. The fourth-order valence-electron chi connectivity index (χ4n) is 3.19. The van der Waals surface area contributed by atoms with Gasteiger partial charge in [-0.1, -0.05) is 0 Å². The molecule has 0 saturated heterocycles. The number of H-pyrrole nitrogens is 1. The number of fused-ring (bicyclic) bond motifs is 3. The van der Waals surface area contributed by atoms with E-state index < -0.39 is 0 Å². The normalized spacial score (nSPS) is 11.7. The smallest absolute Gasteiger partial charge is 0.291 e. The molecule has 0 aromatic carbocycles. The standard InChI is InChI=1S/C16H15N9OS/c1-23-13-11(7-20-24(16(13)26)8-10-3-5-19-25(10)17)14-15(23)21-12(27-14)6-9-2-4-18-22-9/h2-5,7H,6,8,17H2,1H3,(H,18,22). The number of hydrogen-bond donors (Lipinski definition) is 2. The van der Waals surface area contributed by atoms with Gasteiger partial charge in [0.05, 0.1) is 35.0 Å². The summed E-state index contributed by atoms with van der Waals surface area (Å²) in [6.45, 7) is 0.252. The van der Waals surface area contributed by atoms with Gasteiger partial charge in [0.25, 0.3) is 5.56 Å². The van der Waals surface area contributed by atoms with Crippen LogP contribution in [0.15, 0.2) is 35.5 Å². The Morgan fingerprint density at radius 1 is 1.30 bits per heavy atom. The number of nitrogens with two attached hydrogens (primary N) is 1. The second kappa shape index (κ2) is 5.77. The van der Waals surface area contributed by atoms with Crippen molar-refractivity contribution in [1.82, 2.24) is 39.4 Å². The fraction of sp³-hybridized carbons (Fsp3) is 0.188. The van der Waals surface area contributed by atoms with Gasteiger partial charge in [-0.15, -0.1) is 11.3 Å². The molecule has 0 spiro atoms. The minimum absolute atomic E-state index is 0.185. The van der Waals surface area contributed by atoms with Crippen molar-refractivity contribution >= 4 is 32.6 Å². The van der Waals surface area contributed by atoms with E-state index in [0.717, 1.165) is 26.4 Å². The molecule has 5 heterocycles. The van der Waals surface area contributed by atoms with E-state index in [-0.39, 0.29) is 12.1 Å². The number of nitrogens with one attached hydrogen (secondary N) is 1. The number of nitrogen functional groups attached to an aromatic ring is 1. The molecule has 0 fully saturated rings. The van der Waals surface area contributed by atoms with Crippen LogP contribution in [-0.4, -0.2) is 39.4 Å². The summed E-state index contributed by atoms with van der Waals surface area (Å²) in [6, 6.07) is 3.68. The van der Waals surface area contributed by atoms with Crippen LogP contribution in [0.2, 0.25) is 0 Å². The average Bonchev–Trinajstić information content (AvgIpc) is 3.41. The molecule has 27 heavy (non-hydrogen) atoms. The van der Waals surface area contributed by atoms with Gasteiger partial charge in [0.15, 0.2) is 5.65 Å². The van der Waals surface area contributed by atoms with E-state index in [9.17, 15) is 4.79 Å². The molecule has 5 rings (SSSR count). The summed E-state index contributed by atoms with van der Waals surface area (Å²) >= 11 is 1.56. The van der Waals surface area contributed by atoms with Crippen LogP contribution >= 0.6 is 11.3 Å². The van der Waals surface area contributed by atoms with E-state index >= 15 is 0 Å². The molecule has 0 aliphatic carbocycles. The Morgan fingerprint density at radius 2 is 2.19 bits per heavy atom. The highest BCUT2D eigenvalue weighted by atomic mass is 32.1. The molecule has 0 bridgehead atoms. The SMILES string of the molecule is Cn1c2nc(Cc3cc[nH]n3)sc2c2cnn(Cc3ccnn3N)c(=O)c21. The largest absolute Gasteiger partial charge is 0.323 e. The van der Waals surface area contributed by atoms with E-state index in [1.54, 1.807) is 36.0 Å². The van der Waals surface area contributed by atoms with Crippen molar-refractivity contribution in [2.24, 2.45) is 7.05 Å². The lowest BCUT2D eigenvalue weighted by molar-refractivity contribution is 0.607. The highest BCUT2D eigenvalue weighted by Crippen LogP contribution is 2.31. The van der Waals surface area contributed by atoms with Crippen molar-refractivity contribution < 1.29 is 0 Å². The minimum Gasteiger partial charge on any atom is -0.323 e. The molecular formula is C16H15N9OS. The molecule has 3 N–H and O–H groups in total. The van der Waals surface area contributed by atoms with E-state index in [0.29, 0.717) is 17.6 Å². The van der Waals surface area contributed by atoms with Gasteiger partial charge in [0, 0.05) is 25.1 Å². The van der Waals surface area contributed by atoms with Gasteiger partial charge < -0.3 is 10.4 Å². The number of aryl methyl sites for hydroxylation is 1. The summed E-state index contributed by atoms with van der Waals surface area (Å²) in [6.07, 6.45) is 5.74. The zero-order valence-corrected chi connectivity index (χ0v) is 15.1. The van der Waals surface area contributed by atoms with Gasteiger partial charge in [-0.3, -0.25) is 9.89 Å². The quantitative estimate of drug-likeness (QED) is 0.440. The molecule has 11 heteroatoms. The number of rotatable bonds is 4. The summed E-state index contributed by atoms with van der Waals surface area (Å²) < 4.78 is 4.17. The number of nitrogens with zero attached hydrogens (tertiary/aromatic N) is 7. The Kier molecular flexibility index (Phi) is 3.37. The van der Waals surface area contributed by atoms with Crippen LogP contribution < -0.4 is 11.4 Å². The van der Waals surface area contributed by atoms with Crippen LogP contribution in [-0.2, 0) is 20.0 Å². The second-order valence-electron chi connectivity index (χ2n) is 6.20. The van der Waals surface area contributed by atoms with Crippen molar-refractivity contribution in [3.05, 3.63) is 57.5 Å². The predicted molar refractivity (Wildman–Crippen MR) is 101 cm³/mol. The maximum atomic E-state index is 13.0. The third-order valence-corrected chi connectivity index (χ3v) is 5.60. The maximum absolute atomic E-state index is 13.0. The molecule has 5 aromatic heterocycles. The first kappa shape index (κ1) is 15.8. The number of thiazole rings is 1. The molecule has 10 nitrogen and oxygen atoms in total. The molecule has 0 atom stereocenters. The number of aromatic amines is 1. The Labute approximate surface area is 155 Å². The van der Waals surface area contributed by atoms with Gasteiger partial charge in [-0.25, -0.2) is 9.67 Å². The first-order chi connectivity index (χ1) is 13.1. The average molecular weight is 381 g/mol. The Balaban J connectivity index is 1.61. The van der Waals surface area contributed by atoms with E-state index in [2.05, 4.69) is 20.4 Å². The summed E-state index contributed by atoms with van der Waals surface area (Å²) in [5.74, 6) is 5.74. The summed E-state index contributed by atoms with van der Waals surface area (Å²) in [5, 5.41) is 17.0. The van der Waals surface area contributed by atoms with Crippen LogP contribution in [0, 0.1) is 0 Å². The molecule has 0 aliphatic heterocycles. The van der Waals surface area contributed by atoms with Gasteiger partial charge >= 0.3 is 0 Å².